The van der Waals surface area contributed by atoms with E-state index in [1.165, 1.54) is 0 Å². The number of hydrogen-bond donors (Lipinski definition) is 0. The van der Waals surface area contributed by atoms with Gasteiger partial charge in [0, 0.05) is 23.8 Å². The highest BCUT2D eigenvalue weighted by atomic mass is 79.9. The van der Waals surface area contributed by atoms with Gasteiger partial charge in [0.2, 0.25) is 0 Å². The maximum atomic E-state index is 6.04. The molecule has 0 spiro atoms. The molecule has 1 rings (SSSR count). The van der Waals surface area contributed by atoms with E-state index in [1.807, 2.05) is 13.8 Å². The van der Waals surface area contributed by atoms with Crippen molar-refractivity contribution in [2.75, 3.05) is 19.8 Å². The third-order valence-electron chi connectivity index (χ3n) is 2.05. The minimum absolute atomic E-state index is 0.263. The fraction of sp³-hybridized carbons (Fsp3) is 0.500. The molecule has 0 N–H and O–H groups in total. The summed E-state index contributed by atoms with van der Waals surface area (Å²) in [5.74, 6) is 0.509. The molecule has 0 fully saturated rings. The van der Waals surface area contributed by atoms with Gasteiger partial charge in [-0.25, -0.2) is 0 Å². The minimum Gasteiger partial charge on any atom is -0.487 e. The quantitative estimate of drug-likeness (QED) is 0.529. The maximum absolute atomic E-state index is 6.04. The third-order valence-corrected chi connectivity index (χ3v) is 3.55. The average Bonchev–Trinajstić information content (AvgIpc) is 2.32. The van der Waals surface area contributed by atoms with Crippen LogP contribution in [0.5, 0.6) is 5.75 Å². The molecular weight excluding hydrogens is 343 g/mol. The van der Waals surface area contributed by atoms with Crippen LogP contribution >= 0.6 is 39.1 Å². The average molecular weight is 358 g/mol. The van der Waals surface area contributed by atoms with Crippen molar-refractivity contribution >= 4 is 39.1 Å². The Kier molecular flexibility index (Phi) is 7.34. The highest BCUT2D eigenvalue weighted by Crippen LogP contribution is 2.34. The first-order valence-electron chi connectivity index (χ1n) is 5.59. The largest absolute Gasteiger partial charge is 0.487 e. The maximum Gasteiger partial charge on any atom is 0.191 e. The Morgan fingerprint density at radius 2 is 1.72 bits per heavy atom. The second-order valence-electron chi connectivity index (χ2n) is 3.35. The predicted octanol–water partition coefficient (Wildman–Crippen LogP) is 4.53. The van der Waals surface area contributed by atoms with Crippen LogP contribution in [0.4, 0.5) is 0 Å². The topological polar surface area (TPSA) is 27.7 Å². The number of hydrogen-bond acceptors (Lipinski definition) is 3. The fourth-order valence-electron chi connectivity index (χ4n) is 1.29. The molecule has 0 atom stereocenters. The number of halogens is 3. The van der Waals surface area contributed by atoms with Gasteiger partial charge in [0.1, 0.15) is 12.4 Å². The van der Waals surface area contributed by atoms with Gasteiger partial charge in [-0.3, -0.25) is 0 Å². The second-order valence-corrected chi connectivity index (χ2v) is 5.02. The van der Waals surface area contributed by atoms with Crippen LogP contribution in [0.25, 0.3) is 0 Å². The summed E-state index contributed by atoms with van der Waals surface area (Å²) >= 11 is 15.3. The second kappa shape index (κ2) is 8.23. The standard InChI is InChI=1S/C12H15BrCl2O3/c1-3-16-12(17-4-2)7-18-11-6-9(14)8(13)5-10(11)15/h5-6,12H,3-4,7H2,1-2H3. The van der Waals surface area contributed by atoms with Crippen molar-refractivity contribution in [3.63, 3.8) is 0 Å². The van der Waals surface area contributed by atoms with Crippen LogP contribution in [0.3, 0.4) is 0 Å². The van der Waals surface area contributed by atoms with Crippen molar-refractivity contribution in [2.45, 2.75) is 20.1 Å². The Balaban J connectivity index is 2.64. The van der Waals surface area contributed by atoms with E-state index in [4.69, 9.17) is 37.4 Å². The molecule has 0 amide bonds. The number of rotatable bonds is 7. The third kappa shape index (κ3) is 4.94. The zero-order valence-corrected chi connectivity index (χ0v) is 13.3. The van der Waals surface area contributed by atoms with Crippen LogP contribution in [-0.2, 0) is 9.47 Å². The summed E-state index contributed by atoms with van der Waals surface area (Å²) in [5, 5.41) is 1.02. The summed E-state index contributed by atoms with van der Waals surface area (Å²) in [7, 11) is 0. The fourth-order valence-corrected chi connectivity index (χ4v) is 2.14. The van der Waals surface area contributed by atoms with Gasteiger partial charge >= 0.3 is 0 Å². The summed E-state index contributed by atoms with van der Waals surface area (Å²) in [4.78, 5) is 0. The Bertz CT molecular complexity index is 382. The lowest BCUT2D eigenvalue weighted by atomic mass is 10.3. The molecule has 1 aromatic rings. The SMILES string of the molecule is CCOC(COc1cc(Cl)c(Br)cc1Cl)OCC. The summed E-state index contributed by atoms with van der Waals surface area (Å²) in [5.41, 5.74) is 0. The van der Waals surface area contributed by atoms with Crippen LogP contribution in [0, 0.1) is 0 Å². The molecule has 18 heavy (non-hydrogen) atoms. The minimum atomic E-state index is -0.404. The van der Waals surface area contributed by atoms with E-state index in [0.717, 1.165) is 4.47 Å². The Morgan fingerprint density at radius 1 is 1.11 bits per heavy atom. The molecule has 0 saturated carbocycles. The van der Waals surface area contributed by atoms with E-state index in [0.29, 0.717) is 29.0 Å². The Labute approximate surface area is 125 Å². The normalized spacial score (nSPS) is 11.0. The first-order valence-corrected chi connectivity index (χ1v) is 7.13. The monoisotopic (exact) mass is 356 g/mol. The van der Waals surface area contributed by atoms with Crippen molar-refractivity contribution in [3.05, 3.63) is 26.7 Å². The van der Waals surface area contributed by atoms with Gasteiger partial charge in [0.15, 0.2) is 6.29 Å². The van der Waals surface area contributed by atoms with Crippen molar-refractivity contribution in [3.8, 4) is 5.75 Å². The van der Waals surface area contributed by atoms with Crippen LogP contribution < -0.4 is 4.74 Å². The van der Waals surface area contributed by atoms with E-state index >= 15 is 0 Å². The Hall–Kier alpha value is -0.0000000000000000763. The van der Waals surface area contributed by atoms with E-state index in [1.54, 1.807) is 12.1 Å². The highest BCUT2D eigenvalue weighted by Gasteiger charge is 2.12. The molecule has 0 radical (unpaired) electrons. The van der Waals surface area contributed by atoms with Gasteiger partial charge in [-0.1, -0.05) is 23.2 Å². The molecule has 1 aromatic carbocycles. The zero-order chi connectivity index (χ0) is 13.5. The van der Waals surface area contributed by atoms with E-state index in [2.05, 4.69) is 15.9 Å². The molecular formula is C12H15BrCl2O3. The molecule has 0 heterocycles. The van der Waals surface area contributed by atoms with Gasteiger partial charge in [0.05, 0.1) is 10.0 Å². The molecule has 0 aliphatic carbocycles. The summed E-state index contributed by atoms with van der Waals surface area (Å²) < 4.78 is 17.0. The molecule has 0 unspecified atom stereocenters. The van der Waals surface area contributed by atoms with Crippen molar-refractivity contribution in [2.24, 2.45) is 0 Å². The van der Waals surface area contributed by atoms with E-state index in [-0.39, 0.29) is 6.61 Å². The number of benzene rings is 1. The first kappa shape index (κ1) is 16.1. The van der Waals surface area contributed by atoms with E-state index < -0.39 is 6.29 Å². The van der Waals surface area contributed by atoms with Crippen molar-refractivity contribution < 1.29 is 14.2 Å². The van der Waals surface area contributed by atoms with Gasteiger partial charge < -0.3 is 14.2 Å². The molecule has 0 bridgehead atoms. The van der Waals surface area contributed by atoms with Crippen molar-refractivity contribution in [1.82, 2.24) is 0 Å². The molecule has 0 saturated heterocycles. The van der Waals surface area contributed by atoms with Gasteiger partial charge in [-0.15, -0.1) is 0 Å². The smallest absolute Gasteiger partial charge is 0.191 e. The molecule has 0 aliphatic heterocycles. The lowest BCUT2D eigenvalue weighted by molar-refractivity contribution is -0.152. The lowest BCUT2D eigenvalue weighted by Gasteiger charge is -2.18. The lowest BCUT2D eigenvalue weighted by Crippen LogP contribution is -2.25. The van der Waals surface area contributed by atoms with E-state index in [9.17, 15) is 0 Å². The summed E-state index contributed by atoms with van der Waals surface area (Å²) in [6.45, 7) is 5.18. The first-order chi connectivity index (χ1) is 8.58. The summed E-state index contributed by atoms with van der Waals surface area (Å²) in [6, 6.07) is 3.35. The zero-order valence-electron chi connectivity index (χ0n) is 10.2. The molecule has 6 heteroatoms. The van der Waals surface area contributed by atoms with Gasteiger partial charge in [-0.2, -0.15) is 0 Å². The highest BCUT2D eigenvalue weighted by molar-refractivity contribution is 9.10. The van der Waals surface area contributed by atoms with Gasteiger partial charge in [0.25, 0.3) is 0 Å². The Morgan fingerprint density at radius 3 is 2.28 bits per heavy atom. The van der Waals surface area contributed by atoms with Crippen LogP contribution in [0.1, 0.15) is 13.8 Å². The van der Waals surface area contributed by atoms with Crippen LogP contribution in [0.2, 0.25) is 10.0 Å². The van der Waals surface area contributed by atoms with Gasteiger partial charge in [-0.05, 0) is 35.8 Å². The molecule has 0 aliphatic rings. The van der Waals surface area contributed by atoms with Crippen LogP contribution in [0.15, 0.2) is 16.6 Å². The van der Waals surface area contributed by atoms with Crippen molar-refractivity contribution in [1.29, 1.82) is 0 Å². The van der Waals surface area contributed by atoms with Crippen LogP contribution in [-0.4, -0.2) is 26.1 Å². The molecule has 0 aromatic heterocycles. The summed E-state index contributed by atoms with van der Waals surface area (Å²) in [6.07, 6.45) is -0.404. The molecule has 102 valence electrons. The predicted molar refractivity (Wildman–Crippen MR) is 76.7 cm³/mol. The number of ether oxygens (including phenoxy) is 3. The molecule has 3 nitrogen and oxygen atoms in total.